The zero-order valence-electron chi connectivity index (χ0n) is 12.4. The number of rotatable bonds is 3. The molecule has 1 aliphatic heterocycles. The Morgan fingerprint density at radius 2 is 2.10 bits per heavy atom. The lowest BCUT2D eigenvalue weighted by atomic mass is 10.0. The molecule has 1 aliphatic carbocycles. The van der Waals surface area contributed by atoms with Gasteiger partial charge in [0.25, 0.3) is 0 Å². The zero-order chi connectivity index (χ0) is 14.7. The van der Waals surface area contributed by atoms with Crippen LogP contribution in [0, 0.1) is 0 Å². The van der Waals surface area contributed by atoms with Crippen LogP contribution in [0.1, 0.15) is 45.4 Å². The second kappa shape index (κ2) is 6.97. The quantitative estimate of drug-likeness (QED) is 0.793. The predicted octanol–water partition coefficient (Wildman–Crippen LogP) is 5.03. The van der Waals surface area contributed by atoms with Crippen LogP contribution in [-0.2, 0) is 0 Å². The second-order valence-corrected chi connectivity index (χ2v) is 7.93. The van der Waals surface area contributed by atoms with Gasteiger partial charge in [-0.1, -0.05) is 50.1 Å². The van der Waals surface area contributed by atoms with E-state index in [2.05, 4.69) is 17.7 Å². The first kappa shape index (κ1) is 15.1. The molecule has 1 fully saturated rings. The molecule has 21 heavy (non-hydrogen) atoms. The van der Waals surface area contributed by atoms with E-state index >= 15 is 0 Å². The lowest BCUT2D eigenvalue weighted by Gasteiger charge is -2.26. The molecule has 3 nitrogen and oxygen atoms in total. The Balaban J connectivity index is 1.65. The van der Waals surface area contributed by atoms with Gasteiger partial charge in [0.1, 0.15) is 0 Å². The smallest absolute Gasteiger partial charge is 0.281 e. The molecule has 3 rings (SSSR count). The molecular weight excluding hydrogens is 300 g/mol. The molecule has 5 heteroatoms. The average molecular weight is 322 g/mol. The van der Waals surface area contributed by atoms with E-state index < -0.39 is 0 Å². The maximum atomic E-state index is 12.6. The third-order valence-electron chi connectivity index (χ3n) is 4.11. The number of carbonyl (C=O) groups is 1. The molecule has 1 N–H and O–H groups in total. The number of thioether (sulfide) groups is 1. The highest BCUT2D eigenvalue weighted by Gasteiger charge is 2.33. The van der Waals surface area contributed by atoms with Gasteiger partial charge in [-0.2, -0.15) is 0 Å². The summed E-state index contributed by atoms with van der Waals surface area (Å²) in [7, 11) is 0. The number of nitrogens with one attached hydrogen (secondary N) is 1. The van der Waals surface area contributed by atoms with Crippen LogP contribution in [0.5, 0.6) is 0 Å². The van der Waals surface area contributed by atoms with E-state index in [4.69, 9.17) is 0 Å². The summed E-state index contributed by atoms with van der Waals surface area (Å²) in [6, 6.07) is 8.23. The van der Waals surface area contributed by atoms with E-state index in [0.717, 1.165) is 12.1 Å². The predicted molar refractivity (Wildman–Crippen MR) is 91.9 cm³/mol. The highest BCUT2D eigenvalue weighted by Crippen LogP contribution is 2.44. The number of para-hydroxylation sites is 1. The minimum absolute atomic E-state index is 0.0369. The van der Waals surface area contributed by atoms with Gasteiger partial charge in [0, 0.05) is 10.1 Å². The van der Waals surface area contributed by atoms with Crippen molar-refractivity contribution in [3.63, 3.8) is 0 Å². The topological polar surface area (TPSA) is 32.3 Å². The first-order valence-corrected chi connectivity index (χ1v) is 9.56. The molecule has 2 aliphatic rings. The van der Waals surface area contributed by atoms with Crippen LogP contribution in [0.25, 0.3) is 0 Å². The van der Waals surface area contributed by atoms with Crippen LogP contribution >= 0.6 is 23.7 Å². The minimum atomic E-state index is 0.0369. The van der Waals surface area contributed by atoms with Crippen LogP contribution in [0.2, 0.25) is 0 Å². The molecule has 1 unspecified atom stereocenters. The molecule has 0 bridgehead atoms. The van der Waals surface area contributed by atoms with Crippen LogP contribution < -0.4 is 9.62 Å². The van der Waals surface area contributed by atoms with E-state index in [1.807, 2.05) is 23.1 Å². The number of fused-ring (bicyclic) bond motifs is 1. The maximum absolute atomic E-state index is 12.6. The van der Waals surface area contributed by atoms with Crippen molar-refractivity contribution in [3.05, 3.63) is 24.3 Å². The number of urea groups is 1. The normalized spacial score (nSPS) is 22.1. The standard InChI is InChI=1S/C16H22N2OS2/c1-2-15-18(13-10-6-7-11-14(13)20-15)16(19)17-21-12-8-4-3-5-9-12/h6-7,10-12,15H,2-5,8-9H2,1H3,(H,17,19). The number of carbonyl (C=O) groups excluding carboxylic acids is 1. The third kappa shape index (κ3) is 3.34. The largest absolute Gasteiger partial charge is 0.332 e. The Bertz CT molecular complexity index is 503. The number of anilines is 1. The van der Waals surface area contributed by atoms with Gasteiger partial charge in [0.2, 0.25) is 0 Å². The Hall–Kier alpha value is -0.810. The molecule has 0 aromatic heterocycles. The molecule has 1 heterocycles. The van der Waals surface area contributed by atoms with Crippen molar-refractivity contribution in [2.75, 3.05) is 4.90 Å². The molecule has 0 spiro atoms. The molecule has 0 saturated heterocycles. The van der Waals surface area contributed by atoms with Crippen LogP contribution in [0.15, 0.2) is 29.2 Å². The van der Waals surface area contributed by atoms with Gasteiger partial charge in [0.05, 0.1) is 11.1 Å². The van der Waals surface area contributed by atoms with E-state index in [1.165, 1.54) is 37.0 Å². The van der Waals surface area contributed by atoms with Gasteiger partial charge in [-0.05, 0) is 43.3 Å². The minimum Gasteiger partial charge on any atom is -0.281 e. The fraction of sp³-hybridized carbons (Fsp3) is 0.562. The Morgan fingerprint density at radius 3 is 2.86 bits per heavy atom. The first-order chi connectivity index (χ1) is 10.3. The lowest BCUT2D eigenvalue weighted by Crippen LogP contribution is -2.41. The Morgan fingerprint density at radius 1 is 1.33 bits per heavy atom. The zero-order valence-corrected chi connectivity index (χ0v) is 14.0. The number of benzene rings is 1. The van der Waals surface area contributed by atoms with Gasteiger partial charge < -0.3 is 0 Å². The van der Waals surface area contributed by atoms with E-state index in [1.54, 1.807) is 23.7 Å². The molecule has 114 valence electrons. The highest BCUT2D eigenvalue weighted by molar-refractivity contribution is 8.00. The van der Waals surface area contributed by atoms with Gasteiger partial charge in [-0.3, -0.25) is 9.62 Å². The lowest BCUT2D eigenvalue weighted by molar-refractivity contribution is 0.251. The third-order valence-corrected chi connectivity index (χ3v) is 6.62. The van der Waals surface area contributed by atoms with E-state index in [9.17, 15) is 4.79 Å². The molecule has 1 atom stereocenters. The summed E-state index contributed by atoms with van der Waals surface area (Å²) in [5.74, 6) is 0. The summed E-state index contributed by atoms with van der Waals surface area (Å²) in [6.07, 6.45) is 7.36. The van der Waals surface area contributed by atoms with Gasteiger partial charge in [-0.25, -0.2) is 4.79 Å². The molecule has 1 aromatic carbocycles. The summed E-state index contributed by atoms with van der Waals surface area (Å²) < 4.78 is 3.09. The van der Waals surface area contributed by atoms with Crippen molar-refractivity contribution in [1.82, 2.24) is 4.72 Å². The van der Waals surface area contributed by atoms with Gasteiger partial charge in [0.15, 0.2) is 0 Å². The van der Waals surface area contributed by atoms with Crippen molar-refractivity contribution in [1.29, 1.82) is 0 Å². The SMILES string of the molecule is CCC1Sc2ccccc2N1C(=O)NSC1CCCCC1. The van der Waals surface area contributed by atoms with E-state index in [-0.39, 0.29) is 11.4 Å². The van der Waals surface area contributed by atoms with Gasteiger partial charge in [-0.15, -0.1) is 0 Å². The van der Waals surface area contributed by atoms with Crippen molar-refractivity contribution in [2.45, 2.75) is 61.0 Å². The maximum Gasteiger partial charge on any atom is 0.332 e. The van der Waals surface area contributed by atoms with Crippen molar-refractivity contribution < 1.29 is 4.79 Å². The summed E-state index contributed by atoms with van der Waals surface area (Å²) in [5.41, 5.74) is 1.05. The van der Waals surface area contributed by atoms with Crippen LogP contribution in [-0.4, -0.2) is 16.7 Å². The number of amides is 2. The molecule has 2 amide bonds. The van der Waals surface area contributed by atoms with Crippen LogP contribution in [0.4, 0.5) is 10.5 Å². The second-order valence-electron chi connectivity index (χ2n) is 5.60. The first-order valence-electron chi connectivity index (χ1n) is 7.80. The summed E-state index contributed by atoms with van der Waals surface area (Å²) in [4.78, 5) is 15.7. The van der Waals surface area contributed by atoms with Crippen molar-refractivity contribution in [2.24, 2.45) is 0 Å². The average Bonchev–Trinajstić information content (AvgIpc) is 2.92. The number of hydrogen-bond donors (Lipinski definition) is 1. The van der Waals surface area contributed by atoms with Crippen molar-refractivity contribution >= 4 is 35.4 Å². The summed E-state index contributed by atoms with van der Waals surface area (Å²) in [6.45, 7) is 2.14. The highest BCUT2D eigenvalue weighted by atomic mass is 32.2. The van der Waals surface area contributed by atoms with E-state index in [0.29, 0.717) is 5.25 Å². The molecule has 1 saturated carbocycles. The Labute approximate surface area is 135 Å². The molecule has 1 aromatic rings. The summed E-state index contributed by atoms with van der Waals surface area (Å²) in [5, 5.41) is 0.808. The fourth-order valence-electron chi connectivity index (χ4n) is 2.98. The van der Waals surface area contributed by atoms with Crippen LogP contribution in [0.3, 0.4) is 0 Å². The monoisotopic (exact) mass is 322 g/mol. The summed E-state index contributed by atoms with van der Waals surface area (Å²) >= 11 is 3.42. The van der Waals surface area contributed by atoms with Gasteiger partial charge >= 0.3 is 6.03 Å². The Kier molecular flexibility index (Phi) is 5.01. The van der Waals surface area contributed by atoms with Crippen molar-refractivity contribution in [3.8, 4) is 0 Å². The molecular formula is C16H22N2OS2. The number of hydrogen-bond acceptors (Lipinski definition) is 3. The number of nitrogens with zero attached hydrogens (tertiary/aromatic N) is 1. The molecule has 0 radical (unpaired) electrons. The fourth-order valence-corrected chi connectivity index (χ4v) is 5.14.